The van der Waals surface area contributed by atoms with Gasteiger partial charge < -0.3 is 9.52 Å². The number of amides is 1. The molecule has 4 rings (SSSR count). The third kappa shape index (κ3) is 1.95. The van der Waals surface area contributed by atoms with Gasteiger partial charge in [0.1, 0.15) is 4.88 Å². The number of carbonyl (C=O) groups is 1. The van der Waals surface area contributed by atoms with Gasteiger partial charge in [0, 0.05) is 5.22 Å². The van der Waals surface area contributed by atoms with Crippen molar-refractivity contribution in [2.45, 2.75) is 0 Å². The van der Waals surface area contributed by atoms with Crippen LogP contribution in [0, 0.1) is 0 Å². The lowest BCUT2D eigenvalue weighted by molar-refractivity contribution is -0.112. The molecule has 108 valence electrons. The summed E-state index contributed by atoms with van der Waals surface area (Å²) in [5, 5.41) is 21.6. The Hall–Kier alpha value is -3.07. The first kappa shape index (κ1) is 12.7. The van der Waals surface area contributed by atoms with Crippen molar-refractivity contribution in [3.8, 4) is 5.88 Å². The van der Waals surface area contributed by atoms with Crippen molar-refractivity contribution in [1.29, 1.82) is 0 Å². The zero-order valence-electron chi connectivity index (χ0n) is 10.8. The molecule has 0 bridgehead atoms. The number of anilines is 2. The van der Waals surface area contributed by atoms with Gasteiger partial charge in [0.2, 0.25) is 12.3 Å². The molecule has 22 heavy (non-hydrogen) atoms. The molecule has 0 spiro atoms. The molecule has 0 saturated carbocycles. The van der Waals surface area contributed by atoms with Crippen LogP contribution in [0.15, 0.2) is 40.1 Å². The minimum atomic E-state index is -0.399. The molecule has 0 unspecified atom stereocenters. The molecule has 0 radical (unpaired) electrons. The van der Waals surface area contributed by atoms with Gasteiger partial charge in [0.05, 0.1) is 10.9 Å². The van der Waals surface area contributed by atoms with Crippen LogP contribution in [0.1, 0.15) is 4.88 Å². The summed E-state index contributed by atoms with van der Waals surface area (Å²) in [5.41, 5.74) is 0.337. The van der Waals surface area contributed by atoms with Crippen LogP contribution in [-0.2, 0) is 4.79 Å². The Kier molecular flexibility index (Phi) is 2.73. The molecule has 0 atom stereocenters. The summed E-state index contributed by atoms with van der Waals surface area (Å²) < 4.78 is 4.95. The quantitative estimate of drug-likeness (QED) is 0.716. The van der Waals surface area contributed by atoms with E-state index in [-0.39, 0.29) is 11.9 Å². The van der Waals surface area contributed by atoms with E-state index in [1.54, 1.807) is 18.2 Å². The molecule has 0 saturated heterocycles. The van der Waals surface area contributed by atoms with Crippen LogP contribution in [0.3, 0.4) is 0 Å². The minimum absolute atomic E-state index is 0.146. The largest absolute Gasteiger partial charge is 0.492 e. The molecule has 1 aliphatic rings. The fraction of sp³-hybridized carbons (Fsp3) is 0. The topological polar surface area (TPSA) is 114 Å². The Morgan fingerprint density at radius 2 is 2.14 bits per heavy atom. The number of nitrogens with zero attached hydrogens (tertiary/aromatic N) is 4. The van der Waals surface area contributed by atoms with Gasteiger partial charge in [-0.15, -0.1) is 5.10 Å². The maximum Gasteiger partial charge on any atom is 0.321 e. The summed E-state index contributed by atoms with van der Waals surface area (Å²) in [4.78, 5) is 20.4. The smallest absolute Gasteiger partial charge is 0.321 e. The molecule has 0 aliphatic carbocycles. The van der Waals surface area contributed by atoms with E-state index in [4.69, 9.17) is 4.42 Å². The Morgan fingerprint density at radius 3 is 2.95 bits per heavy atom. The number of aromatic hydroxyl groups is 1. The van der Waals surface area contributed by atoms with Crippen LogP contribution >= 0.6 is 11.3 Å². The molecule has 1 amide bonds. The Labute approximate surface area is 126 Å². The number of aromatic nitrogens is 3. The molecule has 8 nitrogen and oxygen atoms in total. The van der Waals surface area contributed by atoms with Gasteiger partial charge in [-0.25, -0.2) is 4.99 Å². The zero-order valence-corrected chi connectivity index (χ0v) is 11.7. The lowest BCUT2D eigenvalue weighted by Crippen LogP contribution is -2.22. The van der Waals surface area contributed by atoms with Crippen molar-refractivity contribution >= 4 is 34.0 Å². The van der Waals surface area contributed by atoms with Gasteiger partial charge >= 0.3 is 6.01 Å². The molecule has 1 aliphatic heterocycles. The van der Waals surface area contributed by atoms with E-state index in [1.165, 1.54) is 6.39 Å². The lowest BCUT2D eigenvalue weighted by Gasteiger charge is -1.95. The Bertz CT molecular complexity index is 993. The van der Waals surface area contributed by atoms with Crippen molar-refractivity contribution < 1.29 is 14.3 Å². The maximum absolute atomic E-state index is 12.1. The first-order valence-electron chi connectivity index (χ1n) is 6.18. The van der Waals surface area contributed by atoms with Gasteiger partial charge in [0.25, 0.3) is 5.91 Å². The molecule has 3 heterocycles. The van der Waals surface area contributed by atoms with E-state index in [9.17, 15) is 9.90 Å². The number of rotatable bonds is 3. The number of nitrogens with one attached hydrogen (secondary N) is 1. The summed E-state index contributed by atoms with van der Waals surface area (Å²) in [5.74, 6) is -0.647. The predicted octanol–water partition coefficient (Wildman–Crippen LogP) is 0.334. The highest BCUT2D eigenvalue weighted by Crippen LogP contribution is 2.34. The van der Waals surface area contributed by atoms with Crippen LogP contribution in [-0.4, -0.2) is 26.2 Å². The average Bonchev–Trinajstić information content (AvgIpc) is 3.18. The van der Waals surface area contributed by atoms with Gasteiger partial charge in [-0.1, -0.05) is 34.6 Å². The van der Waals surface area contributed by atoms with Crippen LogP contribution in [0.5, 0.6) is 5.88 Å². The predicted molar refractivity (Wildman–Crippen MR) is 76.1 cm³/mol. The van der Waals surface area contributed by atoms with E-state index in [0.29, 0.717) is 26.2 Å². The van der Waals surface area contributed by atoms with Crippen molar-refractivity contribution in [2.24, 2.45) is 4.99 Å². The van der Waals surface area contributed by atoms with Crippen LogP contribution in [0.2, 0.25) is 0 Å². The maximum atomic E-state index is 12.1. The second-order valence-corrected chi connectivity index (χ2v) is 5.35. The Balaban J connectivity index is 1.83. The number of carbonyl (C=O) groups excluding carboxylic acids is 1. The van der Waals surface area contributed by atoms with Crippen molar-refractivity contribution in [1.82, 2.24) is 15.2 Å². The monoisotopic (exact) mass is 313 g/mol. The number of fused-ring (bicyclic) bond motifs is 1. The number of para-hydroxylation sites is 1. The van der Waals surface area contributed by atoms with Crippen LogP contribution in [0.4, 0.5) is 11.1 Å². The van der Waals surface area contributed by atoms with Crippen molar-refractivity contribution in [2.75, 3.05) is 5.32 Å². The molecule has 9 heteroatoms. The standard InChI is InChI=1S/C13H7N5O3S/c19-10-8(6-3-1-2-4-7(6)15-10)9-11(20)16-13(22-9)17-12-18-14-5-21-12/h1-5,20H,(H,16,17,18). The summed E-state index contributed by atoms with van der Waals surface area (Å²) in [6.45, 7) is 0. The SMILES string of the molecule is O=C1N=c2ccccc2=C1c1sc(Nc2nnco2)nc1O. The highest BCUT2D eigenvalue weighted by Gasteiger charge is 2.24. The highest BCUT2D eigenvalue weighted by atomic mass is 32.1. The second-order valence-electron chi connectivity index (χ2n) is 4.35. The van der Waals surface area contributed by atoms with E-state index in [2.05, 4.69) is 25.5 Å². The van der Waals surface area contributed by atoms with Crippen molar-refractivity contribution in [3.05, 3.63) is 46.1 Å². The van der Waals surface area contributed by atoms with E-state index < -0.39 is 5.91 Å². The third-order valence-corrected chi connectivity index (χ3v) is 4.00. The van der Waals surface area contributed by atoms with E-state index >= 15 is 0 Å². The van der Waals surface area contributed by atoms with Gasteiger partial charge in [-0.05, 0) is 6.07 Å². The molecule has 3 aromatic rings. The van der Waals surface area contributed by atoms with Crippen molar-refractivity contribution in [3.63, 3.8) is 0 Å². The van der Waals surface area contributed by atoms with E-state index in [0.717, 1.165) is 11.3 Å². The molecule has 2 aromatic heterocycles. The summed E-state index contributed by atoms with van der Waals surface area (Å²) in [6, 6.07) is 7.28. The molecule has 0 fully saturated rings. The second kappa shape index (κ2) is 4.74. The highest BCUT2D eigenvalue weighted by molar-refractivity contribution is 7.17. The first-order chi connectivity index (χ1) is 10.7. The third-order valence-electron chi connectivity index (χ3n) is 3.02. The fourth-order valence-electron chi connectivity index (χ4n) is 2.13. The van der Waals surface area contributed by atoms with Gasteiger partial charge in [-0.2, -0.15) is 4.98 Å². The Morgan fingerprint density at radius 1 is 1.27 bits per heavy atom. The summed E-state index contributed by atoms with van der Waals surface area (Å²) in [7, 11) is 0. The lowest BCUT2D eigenvalue weighted by atomic mass is 10.1. The number of hydrogen-bond donors (Lipinski definition) is 2. The van der Waals surface area contributed by atoms with Crippen LogP contribution in [0.25, 0.3) is 5.57 Å². The molecular formula is C13H7N5O3S. The van der Waals surface area contributed by atoms with Gasteiger partial charge in [-0.3, -0.25) is 10.1 Å². The van der Waals surface area contributed by atoms with Crippen LogP contribution < -0.4 is 15.9 Å². The molecule has 1 aromatic carbocycles. The average molecular weight is 313 g/mol. The number of hydrogen-bond acceptors (Lipinski definition) is 8. The summed E-state index contributed by atoms with van der Waals surface area (Å²) in [6.07, 6.45) is 1.17. The minimum Gasteiger partial charge on any atom is -0.492 e. The first-order valence-corrected chi connectivity index (χ1v) is 7.00. The number of benzene rings is 1. The molecule has 2 N–H and O–H groups in total. The normalized spacial score (nSPS) is 13.1. The van der Waals surface area contributed by atoms with E-state index in [1.807, 2.05) is 6.07 Å². The van der Waals surface area contributed by atoms with Gasteiger partial charge in [0.15, 0.2) is 5.13 Å². The number of thiazole rings is 1. The fourth-order valence-corrected chi connectivity index (χ4v) is 3.03. The molecular weight excluding hydrogens is 306 g/mol. The summed E-state index contributed by atoms with van der Waals surface area (Å²) >= 11 is 1.10. The zero-order chi connectivity index (χ0) is 15.1.